The number of rotatable bonds is 5. The van der Waals surface area contributed by atoms with E-state index in [1.807, 2.05) is 25.7 Å². The van der Waals surface area contributed by atoms with Crippen LogP contribution in [-0.4, -0.2) is 85.9 Å². The van der Waals surface area contributed by atoms with Gasteiger partial charge in [-0.15, -0.1) is 0 Å². The van der Waals surface area contributed by atoms with Gasteiger partial charge in [-0.2, -0.15) is 5.26 Å². The second-order valence-electron chi connectivity index (χ2n) is 11.9. The minimum Gasteiger partial charge on any atom is -0.444 e. The van der Waals surface area contributed by atoms with Crippen molar-refractivity contribution >= 4 is 17.9 Å². The lowest BCUT2D eigenvalue weighted by Crippen LogP contribution is -2.50. The number of likely N-dealkylation sites (tertiary alicyclic amines) is 2. The van der Waals surface area contributed by atoms with Gasteiger partial charge < -0.3 is 19.4 Å². The Balaban J connectivity index is 1.25. The Morgan fingerprint density at radius 2 is 1.68 bits per heavy atom. The summed E-state index contributed by atoms with van der Waals surface area (Å²) in [6.45, 7) is 6.98. The molecule has 0 bridgehead atoms. The number of halogens is 1. The lowest BCUT2D eigenvalue weighted by molar-refractivity contribution is 0.0142. The van der Waals surface area contributed by atoms with E-state index in [1.54, 1.807) is 11.0 Å². The third-order valence-electron chi connectivity index (χ3n) is 7.70. The van der Waals surface area contributed by atoms with Gasteiger partial charge in [-0.05, 0) is 71.4 Å². The minimum atomic E-state index is -0.711. The molecule has 1 aliphatic carbocycles. The van der Waals surface area contributed by atoms with Crippen molar-refractivity contribution in [2.75, 3.05) is 19.6 Å². The molecule has 10 nitrogen and oxygen atoms in total. The summed E-state index contributed by atoms with van der Waals surface area (Å²) in [6, 6.07) is 5.89. The Kier molecular flexibility index (Phi) is 7.93. The highest BCUT2D eigenvalue weighted by Crippen LogP contribution is 2.33. The summed E-state index contributed by atoms with van der Waals surface area (Å²) in [5.41, 5.74) is 0.0702. The van der Waals surface area contributed by atoms with Crippen LogP contribution < -0.4 is 0 Å². The lowest BCUT2D eigenvalue weighted by Gasteiger charge is -2.39. The standard InChI is InChI=1S/C30H35FN6O4/c1-30(2,3)41-29(40)35-13-10-22(11-14-35)37(21-7-8-21)27(38)20-17-33-26(34-18-20)19-6-9-24(25(31)15-19)28(39)36-12-4-5-23(36)16-32/h6,9,15,17-18,21-23H,4-5,7-8,10-14H2,1-3H3/t23-/m1/s1. The van der Waals surface area contributed by atoms with Crippen LogP contribution in [0.25, 0.3) is 11.4 Å². The van der Waals surface area contributed by atoms with Crippen molar-refractivity contribution < 1.29 is 23.5 Å². The number of carbonyl (C=O) groups is 3. The van der Waals surface area contributed by atoms with Crippen LogP contribution in [0.5, 0.6) is 0 Å². The quantitative estimate of drug-likeness (QED) is 0.529. The summed E-state index contributed by atoms with van der Waals surface area (Å²) in [7, 11) is 0. The first-order valence-corrected chi connectivity index (χ1v) is 14.2. The van der Waals surface area contributed by atoms with E-state index in [9.17, 15) is 24.0 Å². The first kappa shape index (κ1) is 28.5. The summed E-state index contributed by atoms with van der Waals surface area (Å²) in [5, 5.41) is 9.26. The molecule has 0 N–H and O–H groups in total. The molecule has 11 heteroatoms. The van der Waals surface area contributed by atoms with E-state index in [1.165, 1.54) is 29.4 Å². The molecule has 1 atom stereocenters. The van der Waals surface area contributed by atoms with Gasteiger partial charge in [0.1, 0.15) is 17.5 Å². The molecule has 3 fully saturated rings. The molecule has 216 valence electrons. The molecule has 1 aromatic carbocycles. The predicted molar refractivity (Wildman–Crippen MR) is 147 cm³/mol. The maximum atomic E-state index is 15.0. The summed E-state index contributed by atoms with van der Waals surface area (Å²) in [6.07, 6.45) is 7.08. The normalized spacial score (nSPS) is 19.5. The number of hydrogen-bond acceptors (Lipinski definition) is 7. The van der Waals surface area contributed by atoms with Crippen LogP contribution in [0, 0.1) is 17.1 Å². The fourth-order valence-electron chi connectivity index (χ4n) is 5.50. The molecule has 1 saturated carbocycles. The van der Waals surface area contributed by atoms with Gasteiger partial charge in [0, 0.05) is 49.7 Å². The Labute approximate surface area is 239 Å². The van der Waals surface area contributed by atoms with E-state index in [4.69, 9.17) is 4.74 Å². The number of piperidine rings is 1. The molecule has 0 unspecified atom stereocenters. The van der Waals surface area contributed by atoms with Crippen molar-refractivity contribution in [3.8, 4) is 17.5 Å². The Morgan fingerprint density at radius 3 is 2.27 bits per heavy atom. The largest absolute Gasteiger partial charge is 0.444 e. The number of benzene rings is 1. The highest BCUT2D eigenvalue weighted by molar-refractivity contribution is 5.96. The number of nitrogens with zero attached hydrogens (tertiary/aromatic N) is 6. The minimum absolute atomic E-state index is 0.00350. The highest BCUT2D eigenvalue weighted by Gasteiger charge is 2.40. The van der Waals surface area contributed by atoms with Crippen molar-refractivity contribution in [3.63, 3.8) is 0 Å². The Bertz CT molecular complexity index is 1360. The molecule has 2 aromatic rings. The maximum absolute atomic E-state index is 15.0. The molecule has 5 rings (SSSR count). The topological polar surface area (TPSA) is 120 Å². The summed E-state index contributed by atoms with van der Waals surface area (Å²) in [4.78, 5) is 52.5. The molecule has 0 radical (unpaired) electrons. The summed E-state index contributed by atoms with van der Waals surface area (Å²) in [5.74, 6) is -1.13. The van der Waals surface area contributed by atoms with Crippen LogP contribution in [0.15, 0.2) is 30.6 Å². The Hall–Kier alpha value is -4.07. The van der Waals surface area contributed by atoms with Gasteiger partial charge in [0.2, 0.25) is 0 Å². The van der Waals surface area contributed by atoms with Crippen molar-refractivity contribution in [2.24, 2.45) is 0 Å². The molecular weight excluding hydrogens is 527 g/mol. The van der Waals surface area contributed by atoms with Gasteiger partial charge in [0.15, 0.2) is 5.82 Å². The van der Waals surface area contributed by atoms with E-state index in [0.29, 0.717) is 56.4 Å². The van der Waals surface area contributed by atoms with Gasteiger partial charge in [0.25, 0.3) is 11.8 Å². The molecule has 2 aliphatic heterocycles. The average Bonchev–Trinajstić information content (AvgIpc) is 3.66. The van der Waals surface area contributed by atoms with Crippen LogP contribution in [-0.2, 0) is 4.74 Å². The van der Waals surface area contributed by atoms with Gasteiger partial charge in [0.05, 0.1) is 17.2 Å². The monoisotopic (exact) mass is 562 g/mol. The van der Waals surface area contributed by atoms with E-state index < -0.39 is 23.4 Å². The lowest BCUT2D eigenvalue weighted by atomic mass is 10.0. The molecule has 3 heterocycles. The average molecular weight is 563 g/mol. The third kappa shape index (κ3) is 6.32. The number of aromatic nitrogens is 2. The van der Waals surface area contributed by atoms with Gasteiger partial charge in [-0.25, -0.2) is 19.2 Å². The number of nitriles is 1. The number of amides is 3. The van der Waals surface area contributed by atoms with Crippen molar-refractivity contribution in [1.82, 2.24) is 24.7 Å². The van der Waals surface area contributed by atoms with Crippen LogP contribution in [0.4, 0.5) is 9.18 Å². The summed E-state index contributed by atoms with van der Waals surface area (Å²) < 4.78 is 20.5. The zero-order valence-corrected chi connectivity index (χ0v) is 23.7. The van der Waals surface area contributed by atoms with Crippen LogP contribution in [0.3, 0.4) is 0 Å². The first-order chi connectivity index (χ1) is 19.6. The van der Waals surface area contributed by atoms with E-state index >= 15 is 0 Å². The fourth-order valence-corrected chi connectivity index (χ4v) is 5.50. The molecule has 1 aromatic heterocycles. The van der Waals surface area contributed by atoms with Gasteiger partial charge >= 0.3 is 6.09 Å². The van der Waals surface area contributed by atoms with Crippen molar-refractivity contribution in [3.05, 3.63) is 47.5 Å². The van der Waals surface area contributed by atoms with Crippen molar-refractivity contribution in [1.29, 1.82) is 5.26 Å². The number of ether oxygens (including phenoxy) is 1. The molecule has 3 amide bonds. The van der Waals surface area contributed by atoms with Gasteiger partial charge in [-0.1, -0.05) is 6.07 Å². The molecular formula is C30H35FN6O4. The Morgan fingerprint density at radius 1 is 1.02 bits per heavy atom. The predicted octanol–water partition coefficient (Wildman–Crippen LogP) is 4.41. The maximum Gasteiger partial charge on any atom is 0.410 e. The molecule has 2 saturated heterocycles. The van der Waals surface area contributed by atoms with E-state index in [0.717, 1.165) is 12.8 Å². The smallest absolute Gasteiger partial charge is 0.410 e. The van der Waals surface area contributed by atoms with Crippen LogP contribution in [0.2, 0.25) is 0 Å². The fraction of sp³-hybridized carbons (Fsp3) is 0.533. The SMILES string of the molecule is CC(C)(C)OC(=O)N1CCC(N(C(=O)c2cnc(-c3ccc(C(=O)N4CCC[C@@H]4C#N)c(F)c3)nc2)C2CC2)CC1. The number of hydrogen-bond donors (Lipinski definition) is 0. The second-order valence-corrected chi connectivity index (χ2v) is 11.9. The van der Waals surface area contributed by atoms with Gasteiger partial charge in [-0.3, -0.25) is 9.59 Å². The van der Waals surface area contributed by atoms with Crippen LogP contribution >= 0.6 is 0 Å². The zero-order chi connectivity index (χ0) is 29.3. The third-order valence-corrected chi connectivity index (χ3v) is 7.70. The molecule has 41 heavy (non-hydrogen) atoms. The zero-order valence-electron chi connectivity index (χ0n) is 23.7. The first-order valence-electron chi connectivity index (χ1n) is 14.2. The van der Waals surface area contributed by atoms with Crippen LogP contribution in [0.1, 0.15) is 80.0 Å². The second kappa shape index (κ2) is 11.4. The molecule has 3 aliphatic rings. The highest BCUT2D eigenvalue weighted by atomic mass is 19.1. The molecule has 0 spiro atoms. The number of carbonyl (C=O) groups excluding carboxylic acids is 3. The van der Waals surface area contributed by atoms with Crippen molar-refractivity contribution in [2.45, 2.75) is 83.0 Å². The summed E-state index contributed by atoms with van der Waals surface area (Å²) >= 11 is 0. The van der Waals surface area contributed by atoms with E-state index in [2.05, 4.69) is 16.0 Å². The van der Waals surface area contributed by atoms with E-state index in [-0.39, 0.29) is 35.5 Å².